The third-order valence-electron chi connectivity index (χ3n) is 7.29. The minimum Gasteiger partial charge on any atom is -0.355 e. The number of pyridine rings is 1. The molecule has 2 aromatic heterocycles. The number of fused-ring (bicyclic) bond motifs is 1. The maximum atomic E-state index is 13.8. The minimum atomic E-state index is -0.149. The summed E-state index contributed by atoms with van der Waals surface area (Å²) in [4.78, 5) is 36.7. The highest BCUT2D eigenvalue weighted by molar-refractivity contribution is 8.26. The summed E-state index contributed by atoms with van der Waals surface area (Å²) in [6, 6.07) is 3.86. The van der Waals surface area contributed by atoms with Crippen molar-refractivity contribution in [1.29, 1.82) is 0 Å². The summed E-state index contributed by atoms with van der Waals surface area (Å²) in [7, 11) is 0. The van der Waals surface area contributed by atoms with Gasteiger partial charge in [0.1, 0.15) is 15.8 Å². The zero-order chi connectivity index (χ0) is 26.0. The molecule has 0 aromatic carbocycles. The van der Waals surface area contributed by atoms with Gasteiger partial charge in [-0.3, -0.25) is 18.9 Å². The molecule has 4 rings (SSSR count). The van der Waals surface area contributed by atoms with Gasteiger partial charge in [0.15, 0.2) is 0 Å². The third kappa shape index (κ3) is 5.70. The molecule has 2 saturated heterocycles. The van der Waals surface area contributed by atoms with Crippen LogP contribution in [0.4, 0.5) is 5.82 Å². The summed E-state index contributed by atoms with van der Waals surface area (Å²) >= 11 is 6.92. The standard InChI is InChI=1S/C28H38N4O2S2/c1-6-8-9-21(7-2)17-32-27(34)23(36-28(32)35)13-22-25(30-14-19(4)12-20(5)15-30)29-24-11-10-18(3)16-31(24)26(22)33/h10-11,13,16,19-21H,6-9,12,14-15,17H2,1-5H3/b23-13+/t19-,20-,21+/m0/s1. The fourth-order valence-electron chi connectivity index (χ4n) is 5.41. The van der Waals surface area contributed by atoms with E-state index in [0.29, 0.717) is 50.6 Å². The smallest absolute Gasteiger partial charge is 0.267 e. The maximum absolute atomic E-state index is 13.8. The second-order valence-corrected chi connectivity index (χ2v) is 12.3. The van der Waals surface area contributed by atoms with Crippen molar-refractivity contribution in [3.63, 3.8) is 0 Å². The van der Waals surface area contributed by atoms with E-state index in [0.717, 1.165) is 50.8 Å². The molecule has 3 atom stereocenters. The van der Waals surface area contributed by atoms with Crippen molar-refractivity contribution < 1.29 is 4.79 Å². The Labute approximate surface area is 224 Å². The van der Waals surface area contributed by atoms with Crippen LogP contribution >= 0.6 is 24.0 Å². The average molecular weight is 527 g/mol. The molecular formula is C28H38N4O2S2. The molecule has 1 amide bonds. The first kappa shape index (κ1) is 26.9. The first-order valence-corrected chi connectivity index (χ1v) is 14.5. The number of piperidine rings is 1. The molecule has 6 nitrogen and oxygen atoms in total. The highest BCUT2D eigenvalue weighted by Gasteiger charge is 2.34. The molecule has 0 radical (unpaired) electrons. The van der Waals surface area contributed by atoms with Gasteiger partial charge < -0.3 is 4.90 Å². The Bertz CT molecular complexity index is 1230. The molecule has 2 aliphatic heterocycles. The van der Waals surface area contributed by atoms with Crippen molar-refractivity contribution in [2.45, 2.75) is 66.7 Å². The second kappa shape index (κ2) is 11.5. The van der Waals surface area contributed by atoms with E-state index >= 15 is 0 Å². The number of aromatic nitrogens is 2. The molecular weight excluding hydrogens is 488 g/mol. The van der Waals surface area contributed by atoms with Gasteiger partial charge in [0.05, 0.1) is 10.5 Å². The SMILES string of the molecule is CCCC[C@@H](CC)CN1C(=O)/C(=C\c2c(N3C[C@@H](C)C[C@H](C)C3)nc3ccc(C)cn3c2=O)SC1=S. The molecule has 0 aliphatic carbocycles. The Balaban J connectivity index is 1.75. The van der Waals surface area contributed by atoms with Crippen LogP contribution in [-0.4, -0.2) is 44.1 Å². The summed E-state index contributed by atoms with van der Waals surface area (Å²) in [5, 5.41) is 0. The van der Waals surface area contributed by atoms with E-state index in [4.69, 9.17) is 17.2 Å². The summed E-state index contributed by atoms with van der Waals surface area (Å²) in [5.41, 5.74) is 1.93. The van der Waals surface area contributed by atoms with Crippen molar-refractivity contribution in [1.82, 2.24) is 14.3 Å². The first-order chi connectivity index (χ1) is 17.2. The van der Waals surface area contributed by atoms with E-state index < -0.39 is 0 Å². The van der Waals surface area contributed by atoms with Crippen LogP contribution in [-0.2, 0) is 4.79 Å². The number of nitrogens with zero attached hydrogens (tertiary/aromatic N) is 4. The van der Waals surface area contributed by atoms with E-state index in [1.807, 2.05) is 25.3 Å². The minimum absolute atomic E-state index is 0.0972. The molecule has 0 bridgehead atoms. The Kier molecular flexibility index (Phi) is 8.56. The molecule has 194 valence electrons. The van der Waals surface area contributed by atoms with Crippen molar-refractivity contribution in [2.75, 3.05) is 24.5 Å². The topological polar surface area (TPSA) is 57.9 Å². The summed E-state index contributed by atoms with van der Waals surface area (Å²) in [6.07, 6.45) is 9.12. The normalized spacial score (nSPS) is 22.8. The van der Waals surface area contributed by atoms with Crippen LogP contribution in [0.15, 0.2) is 28.0 Å². The van der Waals surface area contributed by atoms with Crippen LogP contribution in [0.5, 0.6) is 0 Å². The second-order valence-electron chi connectivity index (χ2n) is 10.6. The monoisotopic (exact) mass is 526 g/mol. The summed E-state index contributed by atoms with van der Waals surface area (Å²) in [5.74, 6) is 2.01. The van der Waals surface area contributed by atoms with Gasteiger partial charge in [0.2, 0.25) is 0 Å². The predicted molar refractivity (Wildman–Crippen MR) is 155 cm³/mol. The quantitative estimate of drug-likeness (QED) is 0.315. The number of amides is 1. The zero-order valence-corrected chi connectivity index (χ0v) is 23.8. The Morgan fingerprint density at radius 3 is 2.58 bits per heavy atom. The average Bonchev–Trinajstić information content (AvgIpc) is 3.10. The number of carbonyl (C=O) groups excluding carboxylic acids is 1. The number of hydrogen-bond acceptors (Lipinski definition) is 6. The molecule has 8 heteroatoms. The van der Waals surface area contributed by atoms with Crippen LogP contribution in [0.1, 0.15) is 70.9 Å². The van der Waals surface area contributed by atoms with Crippen molar-refractivity contribution in [3.05, 3.63) is 44.7 Å². The predicted octanol–water partition coefficient (Wildman–Crippen LogP) is 5.90. The molecule has 2 aromatic rings. The van der Waals surface area contributed by atoms with E-state index in [1.54, 1.807) is 15.4 Å². The van der Waals surface area contributed by atoms with Gasteiger partial charge in [-0.1, -0.05) is 77.0 Å². The van der Waals surface area contributed by atoms with E-state index in [-0.39, 0.29) is 11.5 Å². The highest BCUT2D eigenvalue weighted by atomic mass is 32.2. The molecule has 0 unspecified atom stereocenters. The van der Waals surface area contributed by atoms with Gasteiger partial charge in [0.25, 0.3) is 11.5 Å². The molecule has 2 fully saturated rings. The number of carbonyl (C=O) groups is 1. The summed E-state index contributed by atoms with van der Waals surface area (Å²) in [6.45, 7) is 13.1. The molecule has 4 heterocycles. The third-order valence-corrected chi connectivity index (χ3v) is 8.66. The number of thioether (sulfide) groups is 1. The van der Waals surface area contributed by atoms with Crippen LogP contribution in [0.3, 0.4) is 0 Å². The Morgan fingerprint density at radius 1 is 1.19 bits per heavy atom. The van der Waals surface area contributed by atoms with Crippen molar-refractivity contribution in [3.8, 4) is 0 Å². The molecule has 0 spiro atoms. The van der Waals surface area contributed by atoms with Crippen LogP contribution in [0.25, 0.3) is 11.7 Å². The highest BCUT2D eigenvalue weighted by Crippen LogP contribution is 2.35. The van der Waals surface area contributed by atoms with Gasteiger partial charge in [-0.2, -0.15) is 0 Å². The van der Waals surface area contributed by atoms with Crippen LogP contribution in [0.2, 0.25) is 0 Å². The largest absolute Gasteiger partial charge is 0.355 e. The van der Waals surface area contributed by atoms with Gasteiger partial charge in [0, 0.05) is 25.8 Å². The lowest BCUT2D eigenvalue weighted by Crippen LogP contribution is -2.40. The van der Waals surface area contributed by atoms with Gasteiger partial charge in [-0.15, -0.1) is 0 Å². The molecule has 36 heavy (non-hydrogen) atoms. The van der Waals surface area contributed by atoms with Gasteiger partial charge >= 0.3 is 0 Å². The fraction of sp³-hybridized carbons (Fsp3) is 0.571. The first-order valence-electron chi connectivity index (χ1n) is 13.2. The number of anilines is 1. The Hall–Kier alpha value is -2.19. The number of rotatable bonds is 8. The number of aryl methyl sites for hydroxylation is 1. The van der Waals surface area contributed by atoms with Crippen LogP contribution in [0, 0.1) is 24.7 Å². The molecule has 0 saturated carbocycles. The van der Waals surface area contributed by atoms with E-state index in [1.165, 1.54) is 11.8 Å². The van der Waals surface area contributed by atoms with E-state index in [2.05, 4.69) is 32.6 Å². The summed E-state index contributed by atoms with van der Waals surface area (Å²) < 4.78 is 2.17. The fourth-order valence-corrected chi connectivity index (χ4v) is 6.67. The van der Waals surface area contributed by atoms with Crippen molar-refractivity contribution >= 4 is 51.7 Å². The number of thiocarbonyl (C=S) groups is 1. The maximum Gasteiger partial charge on any atom is 0.267 e. The number of hydrogen-bond donors (Lipinski definition) is 0. The number of unbranched alkanes of at least 4 members (excludes halogenated alkanes) is 1. The van der Waals surface area contributed by atoms with Gasteiger partial charge in [-0.25, -0.2) is 4.98 Å². The molecule has 2 aliphatic rings. The zero-order valence-electron chi connectivity index (χ0n) is 22.1. The van der Waals surface area contributed by atoms with E-state index in [9.17, 15) is 9.59 Å². The van der Waals surface area contributed by atoms with Gasteiger partial charge in [-0.05, 0) is 55.2 Å². The lowest BCUT2D eigenvalue weighted by atomic mass is 9.91. The lowest BCUT2D eigenvalue weighted by Gasteiger charge is -2.36. The van der Waals surface area contributed by atoms with Crippen molar-refractivity contribution in [2.24, 2.45) is 17.8 Å². The lowest BCUT2D eigenvalue weighted by molar-refractivity contribution is -0.122. The van der Waals surface area contributed by atoms with Crippen LogP contribution < -0.4 is 10.5 Å². The molecule has 0 N–H and O–H groups in total. The Morgan fingerprint density at radius 2 is 1.92 bits per heavy atom.